The highest BCUT2D eigenvalue weighted by atomic mass is 16.3. The maximum atomic E-state index is 6.58. The van der Waals surface area contributed by atoms with Crippen LogP contribution in [-0.4, -0.2) is 27.4 Å². The summed E-state index contributed by atoms with van der Waals surface area (Å²) in [4.78, 5) is 0. The average molecular weight is 1870 g/mol. The van der Waals surface area contributed by atoms with Gasteiger partial charge < -0.3 is 36.2 Å². The first-order chi connectivity index (χ1) is 71.9. The molecule has 0 bridgehead atoms. The van der Waals surface area contributed by atoms with Crippen LogP contribution in [0.15, 0.2) is 494 Å². The Labute approximate surface area is 840 Å². The third-order valence-electron chi connectivity index (χ3n) is 31.9. The molecule has 8 heterocycles. The molecule has 30 aromatic rings. The average Bonchev–Trinajstić information content (AvgIpc) is 1.55. The Kier molecular flexibility index (Phi) is 18.1. The van der Waals surface area contributed by atoms with Gasteiger partial charge in [-0.3, -0.25) is 0 Å². The second kappa shape index (κ2) is 31.9. The molecule has 0 atom stereocenters. The van der Waals surface area contributed by atoms with Gasteiger partial charge in [0.25, 0.3) is 0 Å². The molecule has 2 aliphatic carbocycles. The van der Waals surface area contributed by atoms with Crippen LogP contribution in [-0.2, 0) is 10.8 Å². The van der Waals surface area contributed by atoms with E-state index in [-0.39, 0.29) is 10.8 Å². The zero-order chi connectivity index (χ0) is 96.5. The summed E-state index contributed by atoms with van der Waals surface area (Å²) in [5.74, 6) is 0. The van der Waals surface area contributed by atoms with Gasteiger partial charge in [0.05, 0.1) is 66.2 Å². The van der Waals surface area contributed by atoms with E-state index in [9.17, 15) is 0 Å². The Morgan fingerprint density at radius 3 is 0.808 bits per heavy atom. The van der Waals surface area contributed by atoms with Crippen LogP contribution < -0.4 is 0 Å². The smallest absolute Gasteiger partial charge is 0.160 e. The lowest BCUT2D eigenvalue weighted by atomic mass is 9.82. The third-order valence-corrected chi connectivity index (χ3v) is 31.9. The largest absolute Gasteiger partial charge is 0.456 e. The second-order valence-electron chi connectivity index (χ2n) is 40.5. The van der Waals surface area contributed by atoms with Gasteiger partial charge in [-0.1, -0.05) is 301 Å². The second-order valence-corrected chi connectivity index (χ2v) is 40.5. The number of fused-ring (bicyclic) bond motifs is 31. The molecular formula is C138H92N6O2. The fourth-order valence-electron chi connectivity index (χ4n) is 25.1. The van der Waals surface area contributed by atoms with Crippen LogP contribution in [0.25, 0.3) is 264 Å². The summed E-state index contributed by atoms with van der Waals surface area (Å²) < 4.78 is 27.3. The van der Waals surface area contributed by atoms with Crippen LogP contribution in [0, 0.1) is 0 Å². The topological polar surface area (TPSA) is 55.9 Å². The van der Waals surface area contributed by atoms with Crippen LogP contribution >= 0.6 is 0 Å². The molecule has 22 aromatic carbocycles. The van der Waals surface area contributed by atoms with Crippen molar-refractivity contribution < 1.29 is 8.83 Å². The van der Waals surface area contributed by atoms with E-state index in [0.717, 1.165) is 71.8 Å². The molecule has 8 heteroatoms. The minimum absolute atomic E-state index is 0.0739. The Morgan fingerprint density at radius 2 is 0.418 bits per heavy atom. The first-order valence-electron chi connectivity index (χ1n) is 50.6. The lowest BCUT2D eigenvalue weighted by Crippen LogP contribution is -2.14. The quantitative estimate of drug-likeness (QED) is 0.145. The Balaban J connectivity index is 0.000000102. The van der Waals surface area contributed by atoms with Gasteiger partial charge in [-0.05, 0) is 284 Å². The molecule has 686 valence electrons. The maximum Gasteiger partial charge on any atom is 0.160 e. The van der Waals surface area contributed by atoms with Crippen molar-refractivity contribution in [3.8, 4) is 89.8 Å². The summed E-state index contributed by atoms with van der Waals surface area (Å²) in [5.41, 5.74) is 43.1. The molecular weight excluding hydrogens is 1770 g/mol. The van der Waals surface area contributed by atoms with Crippen LogP contribution in [0.5, 0.6) is 0 Å². The van der Waals surface area contributed by atoms with Gasteiger partial charge in [0.1, 0.15) is 16.7 Å². The summed E-state index contributed by atoms with van der Waals surface area (Å²) in [7, 11) is 0. The van der Waals surface area contributed by atoms with Crippen LogP contribution in [0.3, 0.4) is 0 Å². The molecule has 0 unspecified atom stereocenters. The van der Waals surface area contributed by atoms with E-state index in [1.165, 1.54) is 215 Å². The number of para-hydroxylation sites is 10. The van der Waals surface area contributed by atoms with Crippen molar-refractivity contribution in [2.24, 2.45) is 0 Å². The molecule has 0 spiro atoms. The lowest BCUT2D eigenvalue weighted by Gasteiger charge is -2.21. The predicted octanol–water partition coefficient (Wildman–Crippen LogP) is 37.1. The zero-order valence-electron chi connectivity index (χ0n) is 80.7. The SMILES string of the molecule is CC1(C)c2ccccc2-c2cc3c4cc(-c5ccc6c(c5)c5cc7c(cc5n6-c5ccccc5)C(C)(C)c5ccccc5-7)ccc4n(-c4ccccc4)c3cc21.c1ccc(-n2c3ccccc3c3cc(-c4ccc5c(c4)c4cc6c(cc4n5-c4ccccc4)oc4ccccc46)ccc32)cc1.c1ccc(-n2c3ccccc3c3cc(-c4ccc5c(c4)c4ccc6c7ccccc7oc6c4n5-c4ccccc4)ccc32)cc1. The van der Waals surface area contributed by atoms with Crippen molar-refractivity contribution in [2.75, 3.05) is 0 Å². The number of benzene rings is 22. The molecule has 32 rings (SSSR count). The highest BCUT2D eigenvalue weighted by Gasteiger charge is 2.39. The van der Waals surface area contributed by atoms with Crippen molar-refractivity contribution in [3.05, 3.63) is 508 Å². The van der Waals surface area contributed by atoms with Crippen LogP contribution in [0.4, 0.5) is 0 Å². The Morgan fingerprint density at radius 1 is 0.151 bits per heavy atom. The summed E-state index contributed by atoms with van der Waals surface area (Å²) in [5, 5.41) is 19.6. The molecule has 0 N–H and O–H groups in total. The number of aromatic nitrogens is 6. The fraction of sp³-hybridized carbons (Fsp3) is 0.0435. The summed E-state index contributed by atoms with van der Waals surface area (Å²) >= 11 is 0. The molecule has 0 amide bonds. The monoisotopic (exact) mass is 1860 g/mol. The molecule has 8 nitrogen and oxygen atoms in total. The summed E-state index contributed by atoms with van der Waals surface area (Å²) in [6.07, 6.45) is 0. The van der Waals surface area contributed by atoms with Gasteiger partial charge in [0.2, 0.25) is 0 Å². The van der Waals surface area contributed by atoms with Gasteiger partial charge in [0.15, 0.2) is 5.58 Å². The van der Waals surface area contributed by atoms with E-state index in [2.05, 4.69) is 522 Å². The number of furan rings is 2. The molecule has 0 saturated carbocycles. The molecule has 0 saturated heterocycles. The number of nitrogens with zero attached hydrogens (tertiary/aromatic N) is 6. The minimum atomic E-state index is -0.0739. The summed E-state index contributed by atoms with van der Waals surface area (Å²) in [6.45, 7) is 9.48. The van der Waals surface area contributed by atoms with Gasteiger partial charge in [-0.25, -0.2) is 0 Å². The summed E-state index contributed by atoms with van der Waals surface area (Å²) in [6, 6.07) is 177. The molecule has 0 fully saturated rings. The fourth-order valence-corrected chi connectivity index (χ4v) is 25.1. The zero-order valence-corrected chi connectivity index (χ0v) is 80.7. The number of hydrogen-bond acceptors (Lipinski definition) is 2. The van der Waals surface area contributed by atoms with E-state index < -0.39 is 0 Å². The highest BCUT2D eigenvalue weighted by Crippen LogP contribution is 2.55. The Hall–Kier alpha value is -18.8. The van der Waals surface area contributed by atoms with Crippen molar-refractivity contribution in [1.82, 2.24) is 27.4 Å². The third kappa shape index (κ3) is 12.4. The lowest BCUT2D eigenvalue weighted by molar-refractivity contribution is 0.661. The van der Waals surface area contributed by atoms with E-state index in [1.807, 2.05) is 18.2 Å². The molecule has 0 radical (unpaired) electrons. The molecule has 0 aliphatic heterocycles. The number of hydrogen-bond donors (Lipinski definition) is 0. The maximum absolute atomic E-state index is 6.58. The first kappa shape index (κ1) is 83.1. The standard InChI is InChI=1S/C54H40N2.2C42H26N2O/c1-53(2)45-21-13-11-19-37(45)39-29-43-41-27-33(23-25-49(41)55(51(43)31-47(39)53)35-15-7-5-8-16-35)34-24-26-50-42(28-34)44-30-40-38-20-12-14-22-46(38)54(3,4)48(40)32-52(44)56(50)36-17-9-6-10-18-36;1-3-11-29(12-4-1)43-37-17-9-7-15-31(37)35-25-27(19-23-38(35)43)28-20-24-39-36(26-28)33-21-22-34-32-16-8-10-18-40(32)45-42(34)41(33)44(39)30-13-5-2-6-14-30;1-3-11-29(12-4-1)43-37-17-9-7-15-31(37)33-23-27(19-21-38(33)43)28-20-22-39-34(24-28)35-25-36-32-16-8-10-18-41(32)45-42(36)26-40(35)44(39)30-13-5-2-6-14-30/h5-32H,1-4H3;2*1-26H. The van der Waals surface area contributed by atoms with E-state index in [1.54, 1.807) is 0 Å². The molecule has 146 heavy (non-hydrogen) atoms. The first-order valence-corrected chi connectivity index (χ1v) is 50.6. The van der Waals surface area contributed by atoms with Gasteiger partial charge in [0, 0.05) is 137 Å². The van der Waals surface area contributed by atoms with E-state index in [4.69, 9.17) is 8.83 Å². The van der Waals surface area contributed by atoms with Crippen molar-refractivity contribution in [1.29, 1.82) is 0 Å². The van der Waals surface area contributed by atoms with Crippen LogP contribution in [0.2, 0.25) is 0 Å². The van der Waals surface area contributed by atoms with Crippen LogP contribution in [0.1, 0.15) is 49.9 Å². The van der Waals surface area contributed by atoms with Crippen molar-refractivity contribution in [3.63, 3.8) is 0 Å². The van der Waals surface area contributed by atoms with E-state index >= 15 is 0 Å². The van der Waals surface area contributed by atoms with E-state index in [0.29, 0.717) is 0 Å². The van der Waals surface area contributed by atoms with Gasteiger partial charge in [-0.15, -0.1) is 0 Å². The molecule has 8 aromatic heterocycles. The molecule has 2 aliphatic rings. The minimum Gasteiger partial charge on any atom is -0.456 e. The Bertz CT molecular complexity index is 10500. The van der Waals surface area contributed by atoms with Crippen molar-refractivity contribution >= 4 is 175 Å². The normalized spacial score (nSPS) is 13.0. The van der Waals surface area contributed by atoms with Gasteiger partial charge >= 0.3 is 0 Å². The number of rotatable bonds is 9. The van der Waals surface area contributed by atoms with Crippen molar-refractivity contribution in [2.45, 2.75) is 38.5 Å². The van der Waals surface area contributed by atoms with Gasteiger partial charge in [-0.2, -0.15) is 0 Å². The highest BCUT2D eigenvalue weighted by molar-refractivity contribution is 6.24. The predicted molar refractivity (Wildman–Crippen MR) is 611 cm³/mol.